The maximum atomic E-state index is 11.8. The number of nitrogens with one attached hydrogen (secondary N) is 1. The van der Waals surface area contributed by atoms with Gasteiger partial charge in [0.2, 0.25) is 5.91 Å². The van der Waals surface area contributed by atoms with Crippen molar-refractivity contribution in [1.82, 2.24) is 9.71 Å². The van der Waals surface area contributed by atoms with Crippen LogP contribution in [0.15, 0.2) is 47.5 Å². The third-order valence-electron chi connectivity index (χ3n) is 3.26. The molecule has 1 heterocycles. The number of aromatic nitrogens is 1. The average Bonchev–Trinajstić information content (AvgIpc) is 2.54. The average molecular weight is 315 g/mol. The minimum Gasteiger partial charge on any atom is -0.397 e. The fourth-order valence-electron chi connectivity index (χ4n) is 2.09. The van der Waals surface area contributed by atoms with E-state index < -0.39 is 0 Å². The van der Waals surface area contributed by atoms with Gasteiger partial charge < -0.3 is 5.73 Å². The number of nitrogens with zero attached hydrogens (tertiary/aromatic N) is 1. The quantitative estimate of drug-likeness (QED) is 0.598. The number of amides is 1. The Morgan fingerprint density at radius 2 is 2.05 bits per heavy atom. The molecule has 22 heavy (non-hydrogen) atoms. The van der Waals surface area contributed by atoms with Gasteiger partial charge in [-0.1, -0.05) is 38.0 Å². The van der Waals surface area contributed by atoms with Crippen molar-refractivity contribution in [2.75, 3.05) is 5.73 Å². The summed E-state index contributed by atoms with van der Waals surface area (Å²) in [4.78, 5) is 17.1. The topological polar surface area (TPSA) is 68.0 Å². The molecule has 1 aromatic heterocycles. The molecule has 0 aliphatic carbocycles. The van der Waals surface area contributed by atoms with Gasteiger partial charge in [0.25, 0.3) is 0 Å². The Hall–Kier alpha value is -2.01. The van der Waals surface area contributed by atoms with Gasteiger partial charge >= 0.3 is 0 Å². The first-order valence-electron chi connectivity index (χ1n) is 7.48. The van der Waals surface area contributed by atoms with Crippen molar-refractivity contribution >= 4 is 23.5 Å². The van der Waals surface area contributed by atoms with E-state index in [9.17, 15) is 4.79 Å². The highest BCUT2D eigenvalue weighted by Crippen LogP contribution is 2.31. The summed E-state index contributed by atoms with van der Waals surface area (Å²) in [5.41, 5.74) is 8.30. The van der Waals surface area contributed by atoms with Crippen LogP contribution in [-0.2, 0) is 4.79 Å². The molecule has 1 aromatic carbocycles. The lowest BCUT2D eigenvalue weighted by Crippen LogP contribution is -2.15. The van der Waals surface area contributed by atoms with E-state index in [-0.39, 0.29) is 5.91 Å². The first-order chi connectivity index (χ1) is 10.7. The number of unbranched alkanes of at least 4 members (excludes halogenated alkanes) is 2. The highest BCUT2D eigenvalue weighted by Gasteiger charge is 2.10. The van der Waals surface area contributed by atoms with Crippen molar-refractivity contribution < 1.29 is 4.79 Å². The van der Waals surface area contributed by atoms with E-state index >= 15 is 0 Å². The molecule has 0 radical (unpaired) electrons. The number of rotatable bonds is 7. The number of hydrogen-bond donors (Lipinski definition) is 2. The van der Waals surface area contributed by atoms with Crippen LogP contribution in [0, 0.1) is 0 Å². The van der Waals surface area contributed by atoms with Crippen molar-refractivity contribution in [3.05, 3.63) is 42.6 Å². The van der Waals surface area contributed by atoms with E-state index in [1.165, 1.54) is 11.9 Å². The van der Waals surface area contributed by atoms with Gasteiger partial charge in [0.05, 0.1) is 11.4 Å². The van der Waals surface area contributed by atoms with Crippen LogP contribution in [0.5, 0.6) is 0 Å². The first-order valence-corrected chi connectivity index (χ1v) is 8.29. The van der Waals surface area contributed by atoms with Crippen molar-refractivity contribution in [3.8, 4) is 11.3 Å². The van der Waals surface area contributed by atoms with Crippen molar-refractivity contribution in [1.29, 1.82) is 0 Å². The largest absolute Gasteiger partial charge is 0.397 e. The Morgan fingerprint density at radius 3 is 2.82 bits per heavy atom. The number of pyridine rings is 1. The summed E-state index contributed by atoms with van der Waals surface area (Å²) in [5, 5.41) is 0. The van der Waals surface area contributed by atoms with E-state index in [2.05, 4.69) is 16.6 Å². The van der Waals surface area contributed by atoms with Crippen LogP contribution in [0.3, 0.4) is 0 Å². The fourth-order valence-corrected chi connectivity index (χ4v) is 2.84. The van der Waals surface area contributed by atoms with Gasteiger partial charge in [-0.25, -0.2) is 0 Å². The molecule has 0 aliphatic heterocycles. The van der Waals surface area contributed by atoms with Crippen LogP contribution < -0.4 is 10.5 Å². The molecule has 0 unspecified atom stereocenters. The summed E-state index contributed by atoms with van der Waals surface area (Å²) in [6.45, 7) is 2.13. The van der Waals surface area contributed by atoms with Crippen LogP contribution >= 0.6 is 11.9 Å². The van der Waals surface area contributed by atoms with E-state index in [0.717, 1.165) is 35.4 Å². The molecule has 2 rings (SSSR count). The van der Waals surface area contributed by atoms with Crippen LogP contribution in [0.2, 0.25) is 0 Å². The summed E-state index contributed by atoms with van der Waals surface area (Å²) < 4.78 is 2.90. The van der Waals surface area contributed by atoms with Gasteiger partial charge in [-0.2, -0.15) is 0 Å². The molecule has 0 bridgehead atoms. The highest BCUT2D eigenvalue weighted by atomic mass is 32.2. The smallest absolute Gasteiger partial charge is 0.230 e. The number of anilines is 1. The lowest BCUT2D eigenvalue weighted by molar-refractivity contribution is -0.119. The number of nitrogens with two attached hydrogens (primary N) is 1. The molecule has 3 N–H and O–H groups in total. The number of hydrogen-bond acceptors (Lipinski definition) is 4. The second-order valence-corrected chi connectivity index (χ2v) is 5.87. The molecule has 4 nitrogen and oxygen atoms in total. The number of carbonyl (C=O) groups is 1. The summed E-state index contributed by atoms with van der Waals surface area (Å²) in [6.07, 6.45) is 5.41. The van der Waals surface area contributed by atoms with Gasteiger partial charge in [-0.3, -0.25) is 14.5 Å². The zero-order valence-electron chi connectivity index (χ0n) is 12.7. The molecule has 0 saturated heterocycles. The molecular formula is C17H21N3OS. The predicted molar refractivity (Wildman–Crippen MR) is 92.2 cm³/mol. The molecule has 1 amide bonds. The standard InChI is InChI=1S/C17H21N3OS/c1-2-3-4-11-16(21)20-22-15-10-6-5-8-13(15)17-14(18)9-7-12-19-17/h5-10,12H,2-4,11,18H2,1H3,(H,20,21). The second-order valence-electron chi connectivity index (χ2n) is 5.02. The van der Waals surface area contributed by atoms with E-state index in [1.807, 2.05) is 36.4 Å². The number of benzene rings is 1. The SMILES string of the molecule is CCCCCC(=O)NSc1ccccc1-c1ncccc1N. The lowest BCUT2D eigenvalue weighted by Gasteiger charge is -2.10. The van der Waals surface area contributed by atoms with Crippen LogP contribution in [0.4, 0.5) is 5.69 Å². The molecule has 0 spiro atoms. The fraction of sp³-hybridized carbons (Fsp3) is 0.294. The Morgan fingerprint density at radius 1 is 1.23 bits per heavy atom. The molecule has 0 atom stereocenters. The maximum absolute atomic E-state index is 11.8. The van der Waals surface area contributed by atoms with Crippen molar-refractivity contribution in [3.63, 3.8) is 0 Å². The van der Waals surface area contributed by atoms with Crippen LogP contribution in [0.25, 0.3) is 11.3 Å². The lowest BCUT2D eigenvalue weighted by atomic mass is 10.1. The molecule has 0 saturated carbocycles. The van der Waals surface area contributed by atoms with Gasteiger partial charge in [-0.15, -0.1) is 0 Å². The monoisotopic (exact) mass is 315 g/mol. The highest BCUT2D eigenvalue weighted by molar-refractivity contribution is 7.98. The number of carbonyl (C=O) groups excluding carboxylic acids is 1. The summed E-state index contributed by atoms with van der Waals surface area (Å²) in [6, 6.07) is 11.4. The normalized spacial score (nSPS) is 10.4. The van der Waals surface area contributed by atoms with Gasteiger partial charge in [0.1, 0.15) is 0 Å². The molecule has 2 aromatic rings. The van der Waals surface area contributed by atoms with Gasteiger partial charge in [0.15, 0.2) is 0 Å². The summed E-state index contributed by atoms with van der Waals surface area (Å²) >= 11 is 1.32. The Balaban J connectivity index is 2.06. The van der Waals surface area contributed by atoms with E-state index in [4.69, 9.17) is 5.73 Å². The Labute approximate surface area is 135 Å². The van der Waals surface area contributed by atoms with Gasteiger partial charge in [0, 0.05) is 23.1 Å². The third kappa shape index (κ3) is 4.49. The minimum atomic E-state index is 0.0576. The Kier molecular flexibility index (Phi) is 6.27. The zero-order chi connectivity index (χ0) is 15.8. The van der Waals surface area contributed by atoms with Crippen molar-refractivity contribution in [2.45, 2.75) is 37.5 Å². The minimum absolute atomic E-state index is 0.0576. The second kappa shape index (κ2) is 8.44. The zero-order valence-corrected chi connectivity index (χ0v) is 13.5. The summed E-state index contributed by atoms with van der Waals surface area (Å²) in [5.74, 6) is 0.0576. The maximum Gasteiger partial charge on any atom is 0.230 e. The Bertz CT molecular complexity index is 631. The predicted octanol–water partition coefficient (Wildman–Crippen LogP) is 4.03. The van der Waals surface area contributed by atoms with E-state index in [1.54, 1.807) is 6.20 Å². The number of nitrogen functional groups attached to an aromatic ring is 1. The molecular weight excluding hydrogens is 294 g/mol. The molecule has 0 aliphatic rings. The van der Waals surface area contributed by atoms with Gasteiger partial charge in [-0.05, 0) is 36.6 Å². The van der Waals surface area contributed by atoms with E-state index in [0.29, 0.717) is 12.1 Å². The van der Waals surface area contributed by atoms with Crippen molar-refractivity contribution in [2.24, 2.45) is 0 Å². The molecule has 116 valence electrons. The summed E-state index contributed by atoms with van der Waals surface area (Å²) in [7, 11) is 0. The van der Waals surface area contributed by atoms with Crippen LogP contribution in [-0.4, -0.2) is 10.9 Å². The van der Waals surface area contributed by atoms with Crippen LogP contribution in [0.1, 0.15) is 32.6 Å². The third-order valence-corrected chi connectivity index (χ3v) is 4.17. The molecule has 0 fully saturated rings. The first kappa shape index (κ1) is 16.4. The molecule has 5 heteroatoms.